The minimum atomic E-state index is 0.00235. The highest BCUT2D eigenvalue weighted by Gasteiger charge is 2.27. The van der Waals surface area contributed by atoms with E-state index >= 15 is 0 Å². The number of amides is 1. The first-order valence-corrected chi connectivity index (χ1v) is 6.43. The van der Waals surface area contributed by atoms with E-state index in [1.165, 1.54) is 0 Å². The number of rotatable bonds is 4. The van der Waals surface area contributed by atoms with Gasteiger partial charge in [0.2, 0.25) is 5.91 Å². The third-order valence-electron chi connectivity index (χ3n) is 3.59. The fourth-order valence-electron chi connectivity index (χ4n) is 2.55. The molecule has 0 radical (unpaired) electrons. The van der Waals surface area contributed by atoms with Crippen LogP contribution in [0.4, 0.5) is 0 Å². The Balaban J connectivity index is 2.07. The first-order chi connectivity index (χ1) is 8.76. The molecular weight excluding hydrogens is 228 g/mol. The van der Waals surface area contributed by atoms with Crippen LogP contribution >= 0.6 is 0 Å². The highest BCUT2D eigenvalue weighted by Crippen LogP contribution is 2.19. The van der Waals surface area contributed by atoms with Gasteiger partial charge in [0.25, 0.3) is 0 Å². The fraction of sp³-hybridized carbons (Fsp3) is 0.500. The Morgan fingerprint density at radius 1 is 1.39 bits per heavy atom. The Morgan fingerprint density at radius 2 is 2.11 bits per heavy atom. The number of carbonyl (C=O) groups excluding carboxylic acids is 1. The number of hydrogen-bond acceptors (Lipinski definition) is 3. The molecule has 0 aromatic heterocycles. The molecule has 1 heterocycles. The van der Waals surface area contributed by atoms with Gasteiger partial charge < -0.3 is 15.7 Å². The van der Waals surface area contributed by atoms with Crippen LogP contribution in [0.2, 0.25) is 0 Å². The van der Waals surface area contributed by atoms with Crippen molar-refractivity contribution in [3.8, 4) is 0 Å². The standard InChI is InChI=1S/C14H20N2O2/c15-9-12-5-2-1-4-11(12)8-14(18)16-7-3-6-13(16)10-17/h1-2,4-5,13,17H,3,6-10,15H2/t13-/m1/s1. The van der Waals surface area contributed by atoms with Gasteiger partial charge in [-0.15, -0.1) is 0 Å². The minimum Gasteiger partial charge on any atom is -0.394 e. The molecule has 0 aliphatic carbocycles. The quantitative estimate of drug-likeness (QED) is 0.823. The zero-order valence-electron chi connectivity index (χ0n) is 10.5. The van der Waals surface area contributed by atoms with Crippen LogP contribution in [0.25, 0.3) is 0 Å². The molecule has 2 rings (SSSR count). The second-order valence-corrected chi connectivity index (χ2v) is 4.72. The summed E-state index contributed by atoms with van der Waals surface area (Å²) in [7, 11) is 0. The van der Waals surface area contributed by atoms with Crippen LogP contribution < -0.4 is 5.73 Å². The van der Waals surface area contributed by atoms with Crippen LogP contribution in [0.3, 0.4) is 0 Å². The molecule has 4 heteroatoms. The van der Waals surface area contributed by atoms with Crippen LogP contribution in [-0.4, -0.2) is 35.1 Å². The summed E-state index contributed by atoms with van der Waals surface area (Å²) in [4.78, 5) is 14.0. The SMILES string of the molecule is NCc1ccccc1CC(=O)N1CCC[C@@H]1CO. The molecule has 0 spiro atoms. The monoisotopic (exact) mass is 248 g/mol. The molecule has 1 aromatic carbocycles. The van der Waals surface area contributed by atoms with Crippen LogP contribution in [0.15, 0.2) is 24.3 Å². The van der Waals surface area contributed by atoms with Gasteiger partial charge in [-0.05, 0) is 24.0 Å². The lowest BCUT2D eigenvalue weighted by Crippen LogP contribution is -2.38. The molecule has 1 aromatic rings. The maximum atomic E-state index is 12.2. The number of nitrogens with zero attached hydrogens (tertiary/aromatic N) is 1. The molecule has 1 saturated heterocycles. The van der Waals surface area contributed by atoms with Crippen LogP contribution in [0, 0.1) is 0 Å². The predicted octanol–water partition coefficient (Wildman–Crippen LogP) is 0.671. The summed E-state index contributed by atoms with van der Waals surface area (Å²) in [5, 5.41) is 9.24. The van der Waals surface area contributed by atoms with Crippen molar-refractivity contribution < 1.29 is 9.90 Å². The average molecular weight is 248 g/mol. The molecule has 1 amide bonds. The molecule has 98 valence electrons. The summed E-state index contributed by atoms with van der Waals surface area (Å²) in [5.41, 5.74) is 7.68. The second-order valence-electron chi connectivity index (χ2n) is 4.72. The van der Waals surface area contributed by atoms with E-state index in [-0.39, 0.29) is 18.6 Å². The summed E-state index contributed by atoms with van der Waals surface area (Å²) in [5.74, 6) is 0.0902. The third kappa shape index (κ3) is 2.71. The number of nitrogens with two attached hydrogens (primary N) is 1. The highest BCUT2D eigenvalue weighted by atomic mass is 16.3. The maximum absolute atomic E-state index is 12.2. The molecule has 1 atom stereocenters. The summed E-state index contributed by atoms with van der Waals surface area (Å²) in [6, 6.07) is 7.76. The second kappa shape index (κ2) is 5.98. The van der Waals surface area contributed by atoms with Crippen molar-refractivity contribution in [2.24, 2.45) is 5.73 Å². The molecule has 0 unspecified atom stereocenters. The van der Waals surface area contributed by atoms with E-state index in [2.05, 4.69) is 0 Å². The number of likely N-dealkylation sites (tertiary alicyclic amines) is 1. The van der Waals surface area contributed by atoms with E-state index < -0.39 is 0 Å². The van der Waals surface area contributed by atoms with Crippen molar-refractivity contribution in [3.05, 3.63) is 35.4 Å². The van der Waals surface area contributed by atoms with Crippen molar-refractivity contribution in [2.75, 3.05) is 13.2 Å². The van der Waals surface area contributed by atoms with E-state index in [9.17, 15) is 9.90 Å². The van der Waals surface area contributed by atoms with Gasteiger partial charge in [-0.1, -0.05) is 24.3 Å². The Kier molecular flexibility index (Phi) is 4.33. The Morgan fingerprint density at radius 3 is 2.78 bits per heavy atom. The van der Waals surface area contributed by atoms with Gasteiger partial charge in [-0.2, -0.15) is 0 Å². The molecule has 18 heavy (non-hydrogen) atoms. The molecule has 0 saturated carbocycles. The van der Waals surface area contributed by atoms with Gasteiger partial charge in [0.15, 0.2) is 0 Å². The van der Waals surface area contributed by atoms with E-state index in [1.54, 1.807) is 4.90 Å². The van der Waals surface area contributed by atoms with E-state index in [1.807, 2.05) is 24.3 Å². The van der Waals surface area contributed by atoms with Crippen molar-refractivity contribution in [3.63, 3.8) is 0 Å². The van der Waals surface area contributed by atoms with Crippen LogP contribution in [0.5, 0.6) is 0 Å². The lowest BCUT2D eigenvalue weighted by molar-refractivity contribution is -0.132. The summed E-state index contributed by atoms with van der Waals surface area (Å²) >= 11 is 0. The number of aliphatic hydroxyl groups excluding tert-OH is 1. The smallest absolute Gasteiger partial charge is 0.227 e. The zero-order chi connectivity index (χ0) is 13.0. The molecule has 1 aliphatic heterocycles. The topological polar surface area (TPSA) is 66.6 Å². The minimum absolute atomic E-state index is 0.00235. The molecule has 3 N–H and O–H groups in total. The van der Waals surface area contributed by atoms with Crippen molar-refractivity contribution >= 4 is 5.91 Å². The van der Waals surface area contributed by atoms with Crippen molar-refractivity contribution in [1.29, 1.82) is 0 Å². The summed E-state index contributed by atoms with van der Waals surface area (Å²) in [6.45, 7) is 1.27. The fourth-order valence-corrected chi connectivity index (χ4v) is 2.55. The Bertz CT molecular complexity index is 420. The Labute approximate surface area is 107 Å². The average Bonchev–Trinajstić information content (AvgIpc) is 2.87. The highest BCUT2D eigenvalue weighted by molar-refractivity contribution is 5.79. The molecule has 1 aliphatic rings. The number of hydrogen-bond donors (Lipinski definition) is 2. The van der Waals surface area contributed by atoms with Gasteiger partial charge in [0.05, 0.1) is 19.1 Å². The molecule has 1 fully saturated rings. The molecule has 0 bridgehead atoms. The van der Waals surface area contributed by atoms with Crippen LogP contribution in [0.1, 0.15) is 24.0 Å². The molecular formula is C14H20N2O2. The van der Waals surface area contributed by atoms with Crippen molar-refractivity contribution in [1.82, 2.24) is 4.90 Å². The first kappa shape index (κ1) is 13.1. The zero-order valence-corrected chi connectivity index (χ0v) is 10.5. The normalized spacial score (nSPS) is 19.2. The van der Waals surface area contributed by atoms with E-state index in [0.29, 0.717) is 13.0 Å². The summed E-state index contributed by atoms with van der Waals surface area (Å²) < 4.78 is 0. The number of aliphatic hydroxyl groups is 1. The summed E-state index contributed by atoms with van der Waals surface area (Å²) in [6.07, 6.45) is 2.26. The van der Waals surface area contributed by atoms with E-state index in [0.717, 1.165) is 30.5 Å². The lowest BCUT2D eigenvalue weighted by Gasteiger charge is -2.23. The van der Waals surface area contributed by atoms with Crippen molar-refractivity contribution in [2.45, 2.75) is 31.8 Å². The van der Waals surface area contributed by atoms with Gasteiger partial charge in [0.1, 0.15) is 0 Å². The van der Waals surface area contributed by atoms with E-state index in [4.69, 9.17) is 5.73 Å². The largest absolute Gasteiger partial charge is 0.394 e. The third-order valence-corrected chi connectivity index (χ3v) is 3.59. The van der Waals surface area contributed by atoms with Gasteiger partial charge >= 0.3 is 0 Å². The maximum Gasteiger partial charge on any atom is 0.227 e. The number of carbonyl (C=O) groups is 1. The number of benzene rings is 1. The van der Waals surface area contributed by atoms with Gasteiger partial charge in [0, 0.05) is 13.1 Å². The van der Waals surface area contributed by atoms with Gasteiger partial charge in [-0.25, -0.2) is 0 Å². The Hall–Kier alpha value is -1.39. The van der Waals surface area contributed by atoms with Gasteiger partial charge in [-0.3, -0.25) is 4.79 Å². The predicted molar refractivity (Wildman–Crippen MR) is 69.9 cm³/mol. The van der Waals surface area contributed by atoms with Crippen LogP contribution in [-0.2, 0) is 17.8 Å². The lowest BCUT2D eigenvalue weighted by atomic mass is 10.0. The molecule has 4 nitrogen and oxygen atoms in total. The first-order valence-electron chi connectivity index (χ1n) is 6.43.